The molecule has 0 aliphatic heterocycles. The molecule has 0 fully saturated rings. The van der Waals surface area contributed by atoms with Crippen molar-refractivity contribution in [3.05, 3.63) is 41.5 Å². The molecule has 0 heterocycles. The van der Waals surface area contributed by atoms with Crippen LogP contribution in [0.4, 0.5) is 4.79 Å². The van der Waals surface area contributed by atoms with Gasteiger partial charge in [0.15, 0.2) is 0 Å². The maximum Gasteiger partial charge on any atom is 0.317 e. The third kappa shape index (κ3) is 5.20. The van der Waals surface area contributed by atoms with Gasteiger partial charge >= 0.3 is 6.03 Å². The van der Waals surface area contributed by atoms with Crippen molar-refractivity contribution in [2.45, 2.75) is 50.0 Å². The molecule has 0 unspecified atom stereocenters. The molecular weight excluding hydrogens is 320 g/mol. The van der Waals surface area contributed by atoms with Crippen LogP contribution in [0.3, 0.4) is 0 Å². The SMILES string of the molecule is C[C@@H](c1ccc([S@@](C)=O)cc1)N(C)C(=O)NCCC1=CCCCC1. The number of urea groups is 1. The predicted molar refractivity (Wildman–Crippen MR) is 99.5 cm³/mol. The summed E-state index contributed by atoms with van der Waals surface area (Å²) in [7, 11) is 0.836. The first kappa shape index (κ1) is 18.7. The van der Waals surface area contributed by atoms with Gasteiger partial charge in [0.1, 0.15) is 0 Å². The number of nitrogens with zero attached hydrogens (tertiary/aromatic N) is 1. The topological polar surface area (TPSA) is 49.4 Å². The van der Waals surface area contributed by atoms with Gasteiger partial charge in [-0.2, -0.15) is 0 Å². The second-order valence-electron chi connectivity index (χ2n) is 6.40. The molecule has 0 aromatic heterocycles. The van der Waals surface area contributed by atoms with Gasteiger partial charge in [0.05, 0.1) is 6.04 Å². The smallest absolute Gasteiger partial charge is 0.317 e. The van der Waals surface area contributed by atoms with E-state index in [1.165, 1.54) is 31.3 Å². The van der Waals surface area contributed by atoms with Gasteiger partial charge in [-0.15, -0.1) is 0 Å². The summed E-state index contributed by atoms with van der Waals surface area (Å²) in [6.07, 6.45) is 9.85. The monoisotopic (exact) mass is 348 g/mol. The van der Waals surface area contributed by atoms with Gasteiger partial charge in [-0.05, 0) is 56.7 Å². The van der Waals surface area contributed by atoms with Crippen molar-refractivity contribution in [2.24, 2.45) is 0 Å². The first-order valence-electron chi connectivity index (χ1n) is 8.61. The predicted octanol–water partition coefficient (Wildman–Crippen LogP) is 4.02. The van der Waals surface area contributed by atoms with Gasteiger partial charge < -0.3 is 10.2 Å². The molecular formula is C19H28N2O2S. The third-order valence-electron chi connectivity index (χ3n) is 4.70. The molecule has 1 aromatic carbocycles. The summed E-state index contributed by atoms with van der Waals surface area (Å²) >= 11 is 0. The van der Waals surface area contributed by atoms with E-state index >= 15 is 0 Å². The largest absolute Gasteiger partial charge is 0.338 e. The Morgan fingerprint density at radius 3 is 2.58 bits per heavy atom. The number of nitrogens with one attached hydrogen (secondary N) is 1. The number of benzene rings is 1. The fourth-order valence-electron chi connectivity index (χ4n) is 2.92. The van der Waals surface area contributed by atoms with Crippen molar-refractivity contribution in [3.63, 3.8) is 0 Å². The molecule has 1 aliphatic carbocycles. The lowest BCUT2D eigenvalue weighted by Gasteiger charge is -2.26. The average molecular weight is 349 g/mol. The number of rotatable bonds is 6. The van der Waals surface area contributed by atoms with E-state index in [0.717, 1.165) is 16.9 Å². The van der Waals surface area contributed by atoms with E-state index in [4.69, 9.17) is 0 Å². The molecule has 2 atom stereocenters. The molecule has 24 heavy (non-hydrogen) atoms. The Morgan fingerprint density at radius 1 is 1.29 bits per heavy atom. The van der Waals surface area contributed by atoms with Gasteiger partial charge in [-0.25, -0.2) is 4.79 Å². The van der Waals surface area contributed by atoms with Gasteiger partial charge in [-0.1, -0.05) is 23.8 Å². The number of allylic oxidation sites excluding steroid dienone is 1. The number of hydrogen-bond acceptors (Lipinski definition) is 2. The summed E-state index contributed by atoms with van der Waals surface area (Å²) in [4.78, 5) is 14.8. The van der Waals surface area contributed by atoms with Crippen LogP contribution >= 0.6 is 0 Å². The first-order chi connectivity index (χ1) is 11.5. The van der Waals surface area contributed by atoms with E-state index in [-0.39, 0.29) is 12.1 Å². The fourth-order valence-corrected chi connectivity index (χ4v) is 3.44. The summed E-state index contributed by atoms with van der Waals surface area (Å²) in [5.74, 6) is 0. The number of hydrogen-bond donors (Lipinski definition) is 1. The summed E-state index contributed by atoms with van der Waals surface area (Å²) in [6.45, 7) is 2.69. The van der Waals surface area contributed by atoms with E-state index in [0.29, 0.717) is 6.54 Å². The van der Waals surface area contributed by atoms with E-state index in [1.54, 1.807) is 11.2 Å². The van der Waals surface area contributed by atoms with Crippen LogP contribution in [0.2, 0.25) is 0 Å². The fraction of sp³-hybridized carbons (Fsp3) is 0.526. The van der Waals surface area contributed by atoms with Crippen LogP contribution in [0.15, 0.2) is 40.8 Å². The minimum absolute atomic E-state index is 0.0294. The molecule has 0 saturated heterocycles. The summed E-state index contributed by atoms with van der Waals surface area (Å²) in [6, 6.07) is 7.53. The number of amides is 2. The Balaban J connectivity index is 1.84. The minimum atomic E-state index is -0.975. The third-order valence-corrected chi connectivity index (χ3v) is 5.64. The van der Waals surface area contributed by atoms with E-state index in [1.807, 2.05) is 38.2 Å². The van der Waals surface area contributed by atoms with Gasteiger partial charge in [0, 0.05) is 35.5 Å². The maximum atomic E-state index is 12.3. The van der Waals surface area contributed by atoms with Crippen molar-refractivity contribution in [1.82, 2.24) is 10.2 Å². The molecule has 2 amide bonds. The zero-order valence-corrected chi connectivity index (χ0v) is 15.7. The van der Waals surface area contributed by atoms with Crippen LogP contribution < -0.4 is 5.32 Å². The minimum Gasteiger partial charge on any atom is -0.338 e. The molecule has 4 nitrogen and oxygen atoms in total. The lowest BCUT2D eigenvalue weighted by Crippen LogP contribution is -2.39. The highest BCUT2D eigenvalue weighted by Crippen LogP contribution is 2.21. The maximum absolute atomic E-state index is 12.3. The van der Waals surface area contributed by atoms with Crippen LogP contribution in [0.25, 0.3) is 0 Å². The molecule has 1 aliphatic rings. The molecule has 0 spiro atoms. The molecule has 0 saturated carbocycles. The van der Waals surface area contributed by atoms with Crippen molar-refractivity contribution in [1.29, 1.82) is 0 Å². The number of carbonyl (C=O) groups is 1. The Hall–Kier alpha value is -1.62. The molecule has 2 rings (SSSR count). The second-order valence-corrected chi connectivity index (χ2v) is 7.78. The molecule has 0 bridgehead atoms. The van der Waals surface area contributed by atoms with E-state index < -0.39 is 10.8 Å². The van der Waals surface area contributed by atoms with Crippen LogP contribution in [-0.4, -0.2) is 35.0 Å². The van der Waals surface area contributed by atoms with Crippen LogP contribution in [0, 0.1) is 0 Å². The molecule has 132 valence electrons. The number of carbonyl (C=O) groups excluding carboxylic acids is 1. The Kier molecular flexibility index (Phi) is 7.03. The standard InChI is InChI=1S/C19H28N2O2S/c1-15(17-9-11-18(12-10-17)24(3)23)21(2)19(22)20-14-13-16-7-5-4-6-8-16/h7,9-12,15H,4-6,8,13-14H2,1-3H3,(H,20,22)/t15-,24+/m0/s1. The quantitative estimate of drug-likeness (QED) is 0.790. The Morgan fingerprint density at radius 2 is 2.00 bits per heavy atom. The summed E-state index contributed by atoms with van der Waals surface area (Å²) in [5, 5.41) is 3.01. The highest BCUT2D eigenvalue weighted by molar-refractivity contribution is 7.84. The van der Waals surface area contributed by atoms with E-state index in [2.05, 4.69) is 11.4 Å². The highest BCUT2D eigenvalue weighted by Gasteiger charge is 2.17. The van der Waals surface area contributed by atoms with Crippen molar-refractivity contribution >= 4 is 16.8 Å². The lowest BCUT2D eigenvalue weighted by atomic mass is 9.97. The van der Waals surface area contributed by atoms with Crippen LogP contribution in [0.5, 0.6) is 0 Å². The van der Waals surface area contributed by atoms with Crippen LogP contribution in [0.1, 0.15) is 50.6 Å². The Bertz CT molecular complexity index is 610. The van der Waals surface area contributed by atoms with Crippen molar-refractivity contribution in [3.8, 4) is 0 Å². The highest BCUT2D eigenvalue weighted by atomic mass is 32.2. The molecule has 5 heteroatoms. The first-order valence-corrected chi connectivity index (χ1v) is 10.2. The zero-order valence-electron chi connectivity index (χ0n) is 14.9. The average Bonchev–Trinajstić information content (AvgIpc) is 2.61. The van der Waals surface area contributed by atoms with E-state index in [9.17, 15) is 9.00 Å². The normalized spacial score (nSPS) is 16.9. The van der Waals surface area contributed by atoms with Crippen molar-refractivity contribution in [2.75, 3.05) is 19.8 Å². The summed E-state index contributed by atoms with van der Waals surface area (Å²) in [5.41, 5.74) is 2.51. The van der Waals surface area contributed by atoms with Gasteiger partial charge in [0.2, 0.25) is 0 Å². The molecule has 1 aromatic rings. The second kappa shape index (κ2) is 9.02. The molecule has 1 N–H and O–H groups in total. The zero-order chi connectivity index (χ0) is 17.5. The summed E-state index contributed by atoms with van der Waals surface area (Å²) < 4.78 is 11.4. The molecule has 0 radical (unpaired) electrons. The van der Waals surface area contributed by atoms with Gasteiger partial charge in [-0.3, -0.25) is 4.21 Å². The van der Waals surface area contributed by atoms with Gasteiger partial charge in [0.25, 0.3) is 0 Å². The van der Waals surface area contributed by atoms with Crippen LogP contribution in [-0.2, 0) is 10.8 Å². The lowest BCUT2D eigenvalue weighted by molar-refractivity contribution is 0.194. The van der Waals surface area contributed by atoms with Crippen molar-refractivity contribution < 1.29 is 9.00 Å². The Labute approximate surface area is 147 Å².